The van der Waals surface area contributed by atoms with Crippen molar-refractivity contribution in [3.63, 3.8) is 0 Å². The molecule has 20 heavy (non-hydrogen) atoms. The van der Waals surface area contributed by atoms with E-state index in [1.807, 2.05) is 0 Å². The molecule has 3 aliphatic rings. The van der Waals surface area contributed by atoms with Crippen molar-refractivity contribution in [2.24, 2.45) is 17.8 Å². The molecule has 3 fully saturated rings. The van der Waals surface area contributed by atoms with Crippen molar-refractivity contribution in [1.29, 1.82) is 0 Å². The first-order valence-electron chi connectivity index (χ1n) is 8.28. The first kappa shape index (κ1) is 16.1. The molecule has 0 aromatic carbocycles. The molecular formula is C16H29ClN2O. The largest absolute Gasteiger partial charge is 0.338 e. The first-order valence-corrected chi connectivity index (χ1v) is 8.28. The summed E-state index contributed by atoms with van der Waals surface area (Å²) in [5.41, 5.74) is 0. The van der Waals surface area contributed by atoms with Gasteiger partial charge in [0.05, 0.1) is 0 Å². The van der Waals surface area contributed by atoms with Gasteiger partial charge in [-0.3, -0.25) is 4.79 Å². The predicted molar refractivity (Wildman–Crippen MR) is 84.1 cm³/mol. The summed E-state index contributed by atoms with van der Waals surface area (Å²) in [5, 5.41) is 3.39. The summed E-state index contributed by atoms with van der Waals surface area (Å²) in [6.07, 6.45) is 8.62. The number of carbonyl (C=O) groups is 1. The van der Waals surface area contributed by atoms with E-state index >= 15 is 0 Å². The Labute approximate surface area is 129 Å². The van der Waals surface area contributed by atoms with E-state index in [0.717, 1.165) is 50.7 Å². The van der Waals surface area contributed by atoms with Gasteiger partial charge in [0.2, 0.25) is 5.91 Å². The molecule has 2 bridgehead atoms. The van der Waals surface area contributed by atoms with Crippen LogP contribution in [0.25, 0.3) is 0 Å². The summed E-state index contributed by atoms with van der Waals surface area (Å²) in [5.74, 6) is 2.97. The van der Waals surface area contributed by atoms with Crippen molar-refractivity contribution >= 4 is 18.3 Å². The standard InChI is InChI=1S/C16H28N2O.ClH/c1-2-7-18(15-5-6-17-11-15)16(19)10-14-9-12-3-4-13(14)8-12;/h12-15,17H,2-11H2,1H3;1H. The minimum absolute atomic E-state index is 0. The van der Waals surface area contributed by atoms with Crippen LogP contribution in [0.2, 0.25) is 0 Å². The van der Waals surface area contributed by atoms with Gasteiger partial charge >= 0.3 is 0 Å². The molecule has 0 aromatic rings. The lowest BCUT2D eigenvalue weighted by Crippen LogP contribution is -2.43. The lowest BCUT2D eigenvalue weighted by Gasteiger charge is -2.31. The number of rotatable bonds is 5. The van der Waals surface area contributed by atoms with Gasteiger partial charge in [-0.25, -0.2) is 0 Å². The van der Waals surface area contributed by atoms with Gasteiger partial charge in [0.25, 0.3) is 0 Å². The molecule has 3 rings (SSSR count). The molecule has 0 spiro atoms. The maximum atomic E-state index is 12.7. The summed E-state index contributed by atoms with van der Waals surface area (Å²) < 4.78 is 0. The third kappa shape index (κ3) is 3.30. The van der Waals surface area contributed by atoms with E-state index in [1.165, 1.54) is 25.7 Å². The Hall–Kier alpha value is -0.280. The van der Waals surface area contributed by atoms with Crippen molar-refractivity contribution in [3.8, 4) is 0 Å². The number of nitrogens with zero attached hydrogens (tertiary/aromatic N) is 1. The van der Waals surface area contributed by atoms with Crippen LogP contribution < -0.4 is 5.32 Å². The van der Waals surface area contributed by atoms with Crippen LogP contribution in [0.5, 0.6) is 0 Å². The van der Waals surface area contributed by atoms with Crippen LogP contribution in [-0.2, 0) is 4.79 Å². The Morgan fingerprint density at radius 1 is 1.25 bits per heavy atom. The Balaban J connectivity index is 0.00000147. The zero-order chi connectivity index (χ0) is 13.2. The van der Waals surface area contributed by atoms with Crippen molar-refractivity contribution < 1.29 is 4.79 Å². The quantitative estimate of drug-likeness (QED) is 0.847. The molecule has 4 atom stereocenters. The van der Waals surface area contributed by atoms with Crippen LogP contribution in [0.1, 0.15) is 51.9 Å². The Kier molecular flexibility index (Phi) is 5.74. The molecule has 3 nitrogen and oxygen atoms in total. The van der Waals surface area contributed by atoms with E-state index in [4.69, 9.17) is 0 Å². The molecule has 116 valence electrons. The third-order valence-corrected chi connectivity index (χ3v) is 5.58. The molecule has 2 aliphatic carbocycles. The topological polar surface area (TPSA) is 32.3 Å². The second-order valence-corrected chi connectivity index (χ2v) is 6.87. The summed E-state index contributed by atoms with van der Waals surface area (Å²) in [6, 6.07) is 0.464. The normalized spacial score (nSPS) is 35.0. The fourth-order valence-electron chi connectivity index (χ4n) is 4.63. The summed E-state index contributed by atoms with van der Waals surface area (Å²) in [7, 11) is 0. The average Bonchev–Trinajstić information content (AvgIpc) is 3.12. The fourth-order valence-corrected chi connectivity index (χ4v) is 4.63. The van der Waals surface area contributed by atoms with Crippen LogP contribution in [0.4, 0.5) is 0 Å². The highest BCUT2D eigenvalue weighted by atomic mass is 35.5. The van der Waals surface area contributed by atoms with Gasteiger partial charge in [-0.2, -0.15) is 0 Å². The molecule has 1 saturated heterocycles. The minimum Gasteiger partial charge on any atom is -0.338 e. The van der Waals surface area contributed by atoms with Crippen LogP contribution in [-0.4, -0.2) is 36.5 Å². The lowest BCUT2D eigenvalue weighted by molar-refractivity contribution is -0.134. The molecule has 1 aliphatic heterocycles. The number of carbonyl (C=O) groups excluding carboxylic acids is 1. The van der Waals surface area contributed by atoms with Crippen LogP contribution in [0.3, 0.4) is 0 Å². The van der Waals surface area contributed by atoms with Gasteiger partial charge in [-0.05, 0) is 56.4 Å². The first-order chi connectivity index (χ1) is 9.28. The highest BCUT2D eigenvalue weighted by Crippen LogP contribution is 2.49. The molecule has 0 radical (unpaired) electrons. The average molecular weight is 301 g/mol. The SMILES string of the molecule is CCCN(C(=O)CC1CC2CCC1C2)C1CCNC1.Cl. The van der Waals surface area contributed by atoms with Crippen molar-refractivity contribution in [2.45, 2.75) is 57.9 Å². The Morgan fingerprint density at radius 2 is 2.10 bits per heavy atom. The van der Waals surface area contributed by atoms with E-state index in [-0.39, 0.29) is 12.4 Å². The number of hydrogen-bond donors (Lipinski definition) is 1. The monoisotopic (exact) mass is 300 g/mol. The predicted octanol–water partition coefficient (Wildman–Crippen LogP) is 2.84. The maximum absolute atomic E-state index is 12.7. The van der Waals surface area contributed by atoms with Gasteiger partial charge in [0, 0.05) is 25.6 Å². The lowest BCUT2D eigenvalue weighted by atomic mass is 9.86. The number of fused-ring (bicyclic) bond motifs is 2. The minimum atomic E-state index is 0. The highest BCUT2D eigenvalue weighted by Gasteiger charge is 2.41. The second kappa shape index (κ2) is 7.13. The van der Waals surface area contributed by atoms with E-state index < -0.39 is 0 Å². The van der Waals surface area contributed by atoms with E-state index in [9.17, 15) is 4.79 Å². The number of amides is 1. The fraction of sp³-hybridized carbons (Fsp3) is 0.938. The second-order valence-electron chi connectivity index (χ2n) is 6.87. The van der Waals surface area contributed by atoms with Crippen molar-refractivity contribution in [3.05, 3.63) is 0 Å². The molecule has 4 heteroatoms. The summed E-state index contributed by atoms with van der Waals surface area (Å²) >= 11 is 0. The molecule has 2 saturated carbocycles. The van der Waals surface area contributed by atoms with Crippen molar-refractivity contribution in [1.82, 2.24) is 10.2 Å². The molecule has 0 aromatic heterocycles. The third-order valence-electron chi connectivity index (χ3n) is 5.58. The van der Waals surface area contributed by atoms with Crippen LogP contribution in [0.15, 0.2) is 0 Å². The Morgan fingerprint density at radius 3 is 2.65 bits per heavy atom. The van der Waals surface area contributed by atoms with Gasteiger partial charge in [-0.1, -0.05) is 13.3 Å². The van der Waals surface area contributed by atoms with E-state index in [0.29, 0.717) is 17.9 Å². The van der Waals surface area contributed by atoms with E-state index in [2.05, 4.69) is 17.1 Å². The number of hydrogen-bond acceptors (Lipinski definition) is 2. The van der Waals surface area contributed by atoms with Crippen LogP contribution >= 0.6 is 12.4 Å². The maximum Gasteiger partial charge on any atom is 0.223 e. The molecule has 1 N–H and O–H groups in total. The summed E-state index contributed by atoms with van der Waals surface area (Å²) in [4.78, 5) is 14.8. The van der Waals surface area contributed by atoms with Gasteiger partial charge in [0.1, 0.15) is 0 Å². The van der Waals surface area contributed by atoms with Gasteiger partial charge < -0.3 is 10.2 Å². The smallest absolute Gasteiger partial charge is 0.223 e. The highest BCUT2D eigenvalue weighted by molar-refractivity contribution is 5.85. The zero-order valence-corrected chi connectivity index (χ0v) is 13.5. The number of halogens is 1. The zero-order valence-electron chi connectivity index (χ0n) is 12.6. The van der Waals surface area contributed by atoms with Crippen LogP contribution in [0, 0.1) is 17.8 Å². The molecule has 4 unspecified atom stereocenters. The Bertz CT molecular complexity index is 330. The molecule has 1 amide bonds. The summed E-state index contributed by atoms with van der Waals surface area (Å²) in [6.45, 7) is 5.21. The van der Waals surface area contributed by atoms with Gasteiger partial charge in [-0.15, -0.1) is 12.4 Å². The van der Waals surface area contributed by atoms with Crippen molar-refractivity contribution in [2.75, 3.05) is 19.6 Å². The molecule has 1 heterocycles. The van der Waals surface area contributed by atoms with E-state index in [1.54, 1.807) is 0 Å². The molecular weight excluding hydrogens is 272 g/mol. The number of nitrogens with one attached hydrogen (secondary N) is 1. The van der Waals surface area contributed by atoms with Gasteiger partial charge in [0.15, 0.2) is 0 Å².